The molecule has 0 radical (unpaired) electrons. The molecule has 108 valence electrons. The Kier molecular flexibility index (Phi) is 4.79. The molecule has 1 aromatic carbocycles. The van der Waals surface area contributed by atoms with E-state index < -0.39 is 0 Å². The van der Waals surface area contributed by atoms with Gasteiger partial charge in [0, 0.05) is 18.7 Å². The van der Waals surface area contributed by atoms with Crippen LogP contribution in [0.1, 0.15) is 43.3 Å². The molecule has 0 amide bonds. The maximum Gasteiger partial charge on any atom is 0.130 e. The van der Waals surface area contributed by atoms with E-state index in [2.05, 4.69) is 25.0 Å². The SMILES string of the molecule is CCc1cc(COc2ccccc2[C@@H](N)CC)n(C)n1. The number of ether oxygens (including phenoxy) is 1. The fraction of sp³-hybridized carbons (Fsp3) is 0.438. The second-order valence-electron chi connectivity index (χ2n) is 4.95. The molecular formula is C16H23N3O. The Labute approximate surface area is 120 Å². The molecule has 2 aromatic rings. The minimum absolute atomic E-state index is 0.0175. The van der Waals surface area contributed by atoms with Crippen molar-refractivity contribution in [3.63, 3.8) is 0 Å². The first-order valence-corrected chi connectivity index (χ1v) is 7.14. The highest BCUT2D eigenvalue weighted by Gasteiger charge is 2.11. The zero-order chi connectivity index (χ0) is 14.5. The first-order chi connectivity index (χ1) is 9.65. The highest BCUT2D eigenvalue weighted by molar-refractivity contribution is 5.35. The maximum atomic E-state index is 6.12. The van der Waals surface area contributed by atoms with Crippen molar-refractivity contribution in [3.8, 4) is 5.75 Å². The standard InChI is InChI=1S/C16H23N3O/c1-4-12-10-13(19(3)18-12)11-20-16-9-7-6-8-14(16)15(17)5-2/h6-10,15H,4-5,11,17H2,1-3H3/t15-/m0/s1. The molecule has 4 nitrogen and oxygen atoms in total. The smallest absolute Gasteiger partial charge is 0.130 e. The lowest BCUT2D eigenvalue weighted by atomic mass is 10.0. The molecule has 2 rings (SSSR count). The van der Waals surface area contributed by atoms with Crippen LogP contribution in [-0.4, -0.2) is 9.78 Å². The quantitative estimate of drug-likeness (QED) is 0.880. The maximum absolute atomic E-state index is 6.12. The van der Waals surface area contributed by atoms with Crippen LogP contribution in [0, 0.1) is 0 Å². The van der Waals surface area contributed by atoms with E-state index in [4.69, 9.17) is 10.5 Å². The van der Waals surface area contributed by atoms with Crippen LogP contribution in [0.25, 0.3) is 0 Å². The Morgan fingerprint density at radius 1 is 1.30 bits per heavy atom. The van der Waals surface area contributed by atoms with Crippen molar-refractivity contribution in [2.24, 2.45) is 12.8 Å². The van der Waals surface area contributed by atoms with E-state index in [9.17, 15) is 0 Å². The minimum atomic E-state index is 0.0175. The summed E-state index contributed by atoms with van der Waals surface area (Å²) in [5.41, 5.74) is 9.34. The van der Waals surface area contributed by atoms with E-state index in [1.807, 2.05) is 36.0 Å². The van der Waals surface area contributed by atoms with Crippen LogP contribution >= 0.6 is 0 Å². The molecule has 0 bridgehead atoms. The number of hydrogen-bond acceptors (Lipinski definition) is 3. The number of hydrogen-bond donors (Lipinski definition) is 1. The predicted molar refractivity (Wildman–Crippen MR) is 80.6 cm³/mol. The highest BCUT2D eigenvalue weighted by Crippen LogP contribution is 2.26. The lowest BCUT2D eigenvalue weighted by Crippen LogP contribution is -2.11. The summed E-state index contributed by atoms with van der Waals surface area (Å²) in [5.74, 6) is 0.862. The molecular weight excluding hydrogens is 250 g/mol. The second kappa shape index (κ2) is 6.57. The summed E-state index contributed by atoms with van der Waals surface area (Å²) in [5, 5.41) is 4.43. The average molecular weight is 273 g/mol. The molecule has 0 aliphatic rings. The third-order valence-electron chi connectivity index (χ3n) is 3.52. The number of para-hydroxylation sites is 1. The monoisotopic (exact) mass is 273 g/mol. The van der Waals surface area contributed by atoms with Gasteiger partial charge in [0.25, 0.3) is 0 Å². The lowest BCUT2D eigenvalue weighted by Gasteiger charge is -2.15. The Hall–Kier alpha value is -1.81. The van der Waals surface area contributed by atoms with E-state index in [1.54, 1.807) is 0 Å². The van der Waals surface area contributed by atoms with Crippen LogP contribution in [0.2, 0.25) is 0 Å². The normalized spacial score (nSPS) is 12.4. The van der Waals surface area contributed by atoms with Gasteiger partial charge in [-0.05, 0) is 25.0 Å². The minimum Gasteiger partial charge on any atom is -0.487 e. The molecule has 4 heteroatoms. The number of nitrogens with zero attached hydrogens (tertiary/aromatic N) is 2. The molecule has 0 saturated heterocycles. The van der Waals surface area contributed by atoms with Gasteiger partial charge in [-0.2, -0.15) is 5.10 Å². The van der Waals surface area contributed by atoms with Crippen LogP contribution in [-0.2, 0) is 20.1 Å². The van der Waals surface area contributed by atoms with Gasteiger partial charge in [0.2, 0.25) is 0 Å². The largest absolute Gasteiger partial charge is 0.487 e. The summed E-state index contributed by atoms with van der Waals surface area (Å²) < 4.78 is 7.82. The molecule has 0 aliphatic carbocycles. The lowest BCUT2D eigenvalue weighted by molar-refractivity contribution is 0.290. The van der Waals surface area contributed by atoms with E-state index >= 15 is 0 Å². The third-order valence-corrected chi connectivity index (χ3v) is 3.52. The molecule has 1 atom stereocenters. The summed E-state index contributed by atoms with van der Waals surface area (Å²) in [7, 11) is 1.95. The van der Waals surface area contributed by atoms with Gasteiger partial charge in [-0.3, -0.25) is 4.68 Å². The van der Waals surface area contributed by atoms with Gasteiger partial charge in [-0.25, -0.2) is 0 Å². The number of aromatic nitrogens is 2. The van der Waals surface area contributed by atoms with Crippen molar-refractivity contribution in [2.45, 2.75) is 39.3 Å². The fourth-order valence-corrected chi connectivity index (χ4v) is 2.17. The Morgan fingerprint density at radius 3 is 2.70 bits per heavy atom. The van der Waals surface area contributed by atoms with Crippen LogP contribution in [0.3, 0.4) is 0 Å². The van der Waals surface area contributed by atoms with E-state index in [1.165, 1.54) is 0 Å². The summed E-state index contributed by atoms with van der Waals surface area (Å²) in [6.07, 6.45) is 1.83. The zero-order valence-electron chi connectivity index (χ0n) is 12.5. The molecule has 20 heavy (non-hydrogen) atoms. The van der Waals surface area contributed by atoms with Gasteiger partial charge in [-0.15, -0.1) is 0 Å². The number of aryl methyl sites for hydroxylation is 2. The number of rotatable bonds is 6. The van der Waals surface area contributed by atoms with Gasteiger partial charge < -0.3 is 10.5 Å². The van der Waals surface area contributed by atoms with Crippen molar-refractivity contribution in [3.05, 3.63) is 47.3 Å². The fourth-order valence-electron chi connectivity index (χ4n) is 2.17. The Balaban J connectivity index is 2.12. The van der Waals surface area contributed by atoms with Crippen molar-refractivity contribution in [1.82, 2.24) is 9.78 Å². The van der Waals surface area contributed by atoms with E-state index in [0.29, 0.717) is 6.61 Å². The van der Waals surface area contributed by atoms with Gasteiger partial charge in [0.15, 0.2) is 0 Å². The first kappa shape index (κ1) is 14.6. The van der Waals surface area contributed by atoms with Crippen LogP contribution in [0.4, 0.5) is 0 Å². The summed E-state index contributed by atoms with van der Waals surface area (Å²) in [6.45, 7) is 4.69. The third kappa shape index (κ3) is 3.20. The number of benzene rings is 1. The molecule has 1 aromatic heterocycles. The van der Waals surface area contributed by atoms with Crippen molar-refractivity contribution >= 4 is 0 Å². The zero-order valence-corrected chi connectivity index (χ0v) is 12.5. The van der Waals surface area contributed by atoms with E-state index in [0.717, 1.165) is 35.5 Å². The molecule has 0 fully saturated rings. The molecule has 0 aliphatic heterocycles. The van der Waals surface area contributed by atoms with Crippen molar-refractivity contribution < 1.29 is 4.74 Å². The number of nitrogens with two attached hydrogens (primary N) is 1. The van der Waals surface area contributed by atoms with Crippen molar-refractivity contribution in [2.75, 3.05) is 0 Å². The first-order valence-electron chi connectivity index (χ1n) is 7.14. The van der Waals surface area contributed by atoms with Gasteiger partial charge in [-0.1, -0.05) is 32.0 Å². The van der Waals surface area contributed by atoms with Crippen LogP contribution in [0.15, 0.2) is 30.3 Å². The molecule has 2 N–H and O–H groups in total. The molecule has 0 saturated carbocycles. The second-order valence-corrected chi connectivity index (χ2v) is 4.95. The topological polar surface area (TPSA) is 53.1 Å². The molecule has 0 spiro atoms. The van der Waals surface area contributed by atoms with Gasteiger partial charge in [0.1, 0.15) is 12.4 Å². The Morgan fingerprint density at radius 2 is 2.05 bits per heavy atom. The summed E-state index contributed by atoms with van der Waals surface area (Å²) in [6, 6.07) is 10.1. The molecule has 0 unspecified atom stereocenters. The predicted octanol–water partition coefficient (Wildman–Crippen LogP) is 2.97. The van der Waals surface area contributed by atoms with Crippen LogP contribution < -0.4 is 10.5 Å². The summed E-state index contributed by atoms with van der Waals surface area (Å²) >= 11 is 0. The van der Waals surface area contributed by atoms with Crippen molar-refractivity contribution in [1.29, 1.82) is 0 Å². The van der Waals surface area contributed by atoms with Gasteiger partial charge in [0.05, 0.1) is 11.4 Å². The average Bonchev–Trinajstić information content (AvgIpc) is 2.85. The summed E-state index contributed by atoms with van der Waals surface area (Å²) in [4.78, 5) is 0. The molecule has 1 heterocycles. The Bertz CT molecular complexity index is 563. The van der Waals surface area contributed by atoms with E-state index in [-0.39, 0.29) is 6.04 Å². The van der Waals surface area contributed by atoms with Crippen LogP contribution in [0.5, 0.6) is 5.75 Å². The highest BCUT2D eigenvalue weighted by atomic mass is 16.5. The van der Waals surface area contributed by atoms with Gasteiger partial charge >= 0.3 is 0 Å².